The van der Waals surface area contributed by atoms with E-state index >= 15 is 0 Å². The second-order valence-corrected chi connectivity index (χ2v) is 8.00. The smallest absolute Gasteiger partial charge is 0.224 e. The van der Waals surface area contributed by atoms with E-state index in [0.717, 1.165) is 56.9 Å². The van der Waals surface area contributed by atoms with Gasteiger partial charge in [-0.1, -0.05) is 6.07 Å². The number of hydrogen-bond donors (Lipinski definition) is 1. The van der Waals surface area contributed by atoms with Gasteiger partial charge in [0.2, 0.25) is 5.91 Å². The summed E-state index contributed by atoms with van der Waals surface area (Å²) in [6.45, 7) is 5.67. The third-order valence-electron chi connectivity index (χ3n) is 6.05. The molecule has 1 atom stereocenters. The average Bonchev–Trinajstić information content (AvgIpc) is 3.26. The zero-order chi connectivity index (χ0) is 19.2. The molecule has 2 fully saturated rings. The van der Waals surface area contributed by atoms with Crippen LogP contribution in [0.15, 0.2) is 47.3 Å². The predicted octanol–water partition coefficient (Wildman–Crippen LogP) is 2.67. The quantitative estimate of drug-likeness (QED) is 0.832. The van der Waals surface area contributed by atoms with Gasteiger partial charge in [0.25, 0.3) is 0 Å². The number of piperidine rings is 2. The molecule has 1 N–H and O–H groups in total. The summed E-state index contributed by atoms with van der Waals surface area (Å²) < 4.78 is 5.47. The minimum atomic E-state index is 0.103. The summed E-state index contributed by atoms with van der Waals surface area (Å²) in [6.07, 6.45) is 9.75. The Labute approximate surface area is 166 Å². The van der Waals surface area contributed by atoms with Crippen molar-refractivity contribution in [3.8, 4) is 0 Å². The van der Waals surface area contributed by atoms with E-state index in [1.54, 1.807) is 12.5 Å². The molecule has 2 aromatic heterocycles. The fraction of sp³-hybridized carbons (Fsp3) is 0.545. The first-order valence-electron chi connectivity index (χ1n) is 10.4. The molecule has 1 amide bonds. The van der Waals surface area contributed by atoms with Crippen molar-refractivity contribution in [3.05, 3.63) is 54.2 Å². The summed E-state index contributed by atoms with van der Waals surface area (Å²) >= 11 is 0. The molecule has 0 aromatic carbocycles. The largest absolute Gasteiger partial charge is 0.468 e. The molecule has 0 unspecified atom stereocenters. The van der Waals surface area contributed by atoms with E-state index in [9.17, 15) is 4.79 Å². The molecule has 2 saturated heterocycles. The average molecular weight is 383 g/mol. The summed E-state index contributed by atoms with van der Waals surface area (Å²) in [7, 11) is 0. The molecule has 150 valence electrons. The van der Waals surface area contributed by atoms with Crippen LogP contribution >= 0.6 is 0 Å². The number of likely N-dealkylation sites (tertiary alicyclic amines) is 2. The Morgan fingerprint density at radius 2 is 2.07 bits per heavy atom. The number of hydrogen-bond acceptors (Lipinski definition) is 5. The van der Waals surface area contributed by atoms with Crippen LogP contribution in [0.2, 0.25) is 0 Å². The Balaban J connectivity index is 1.23. The van der Waals surface area contributed by atoms with E-state index in [0.29, 0.717) is 12.6 Å². The second kappa shape index (κ2) is 9.34. The molecule has 4 heterocycles. The molecule has 0 saturated carbocycles. The van der Waals surface area contributed by atoms with E-state index < -0.39 is 0 Å². The van der Waals surface area contributed by atoms with Crippen molar-refractivity contribution >= 4 is 5.91 Å². The molecular formula is C22H30N4O2. The molecule has 2 aliphatic rings. The maximum Gasteiger partial charge on any atom is 0.224 e. The molecule has 28 heavy (non-hydrogen) atoms. The van der Waals surface area contributed by atoms with Crippen LogP contribution in [-0.2, 0) is 17.9 Å². The SMILES string of the molecule is O=C(NCc1cccnc1)[C@H]1CCCN(C2CCN(Cc3ccco3)CC2)C1. The molecular weight excluding hydrogens is 352 g/mol. The lowest BCUT2D eigenvalue weighted by Crippen LogP contribution is -2.50. The zero-order valence-corrected chi connectivity index (χ0v) is 16.4. The number of aromatic nitrogens is 1. The monoisotopic (exact) mass is 382 g/mol. The lowest BCUT2D eigenvalue weighted by Gasteiger charge is -2.41. The number of nitrogens with one attached hydrogen (secondary N) is 1. The lowest BCUT2D eigenvalue weighted by atomic mass is 9.93. The van der Waals surface area contributed by atoms with Gasteiger partial charge in [0.05, 0.1) is 18.7 Å². The van der Waals surface area contributed by atoms with Crippen LogP contribution < -0.4 is 5.32 Å². The normalized spacial score (nSPS) is 22.2. The highest BCUT2D eigenvalue weighted by Crippen LogP contribution is 2.25. The van der Waals surface area contributed by atoms with Crippen molar-refractivity contribution in [2.45, 2.75) is 44.8 Å². The van der Waals surface area contributed by atoms with Crippen LogP contribution in [0.3, 0.4) is 0 Å². The summed E-state index contributed by atoms with van der Waals surface area (Å²) in [5.41, 5.74) is 1.05. The molecule has 0 radical (unpaired) electrons. The highest BCUT2D eigenvalue weighted by Gasteiger charge is 2.31. The van der Waals surface area contributed by atoms with Crippen molar-refractivity contribution in [1.82, 2.24) is 20.1 Å². The topological polar surface area (TPSA) is 61.6 Å². The van der Waals surface area contributed by atoms with Gasteiger partial charge in [-0.05, 0) is 56.0 Å². The van der Waals surface area contributed by atoms with Crippen molar-refractivity contribution in [2.75, 3.05) is 26.2 Å². The molecule has 6 heteroatoms. The second-order valence-electron chi connectivity index (χ2n) is 8.00. The lowest BCUT2D eigenvalue weighted by molar-refractivity contribution is -0.127. The number of furan rings is 1. The standard InChI is InChI=1S/C22H30N4O2/c27-22(24-15-18-4-1-9-23-14-18)19-5-2-10-26(16-19)20-7-11-25(12-8-20)17-21-6-3-13-28-21/h1,3-4,6,9,13-14,19-20H,2,5,7-8,10-12,15-17H2,(H,24,27)/t19-/m0/s1. The Hall–Kier alpha value is -2.18. The van der Waals surface area contributed by atoms with E-state index in [1.165, 1.54) is 12.8 Å². The van der Waals surface area contributed by atoms with Gasteiger partial charge in [-0.3, -0.25) is 19.6 Å². The van der Waals surface area contributed by atoms with Crippen molar-refractivity contribution in [2.24, 2.45) is 5.92 Å². The maximum absolute atomic E-state index is 12.7. The number of nitrogens with zero attached hydrogens (tertiary/aromatic N) is 3. The Bertz CT molecular complexity index is 726. The Kier molecular flexibility index (Phi) is 6.39. The molecule has 0 spiro atoms. The minimum absolute atomic E-state index is 0.103. The van der Waals surface area contributed by atoms with E-state index in [4.69, 9.17) is 4.42 Å². The van der Waals surface area contributed by atoms with Crippen molar-refractivity contribution < 1.29 is 9.21 Å². The van der Waals surface area contributed by atoms with E-state index in [-0.39, 0.29) is 11.8 Å². The summed E-state index contributed by atoms with van der Waals surface area (Å²) in [5.74, 6) is 1.33. The zero-order valence-electron chi connectivity index (χ0n) is 16.4. The van der Waals surface area contributed by atoms with Gasteiger partial charge in [-0.15, -0.1) is 0 Å². The van der Waals surface area contributed by atoms with Gasteiger partial charge in [0.1, 0.15) is 5.76 Å². The van der Waals surface area contributed by atoms with Crippen LogP contribution in [0.1, 0.15) is 37.0 Å². The van der Waals surface area contributed by atoms with E-state index in [1.807, 2.05) is 30.5 Å². The fourth-order valence-electron chi connectivity index (χ4n) is 4.45. The number of amides is 1. The predicted molar refractivity (Wildman–Crippen MR) is 107 cm³/mol. The Morgan fingerprint density at radius 1 is 1.18 bits per heavy atom. The third-order valence-corrected chi connectivity index (χ3v) is 6.05. The Morgan fingerprint density at radius 3 is 2.82 bits per heavy atom. The highest BCUT2D eigenvalue weighted by molar-refractivity contribution is 5.78. The third kappa shape index (κ3) is 5.00. The highest BCUT2D eigenvalue weighted by atomic mass is 16.3. The van der Waals surface area contributed by atoms with E-state index in [2.05, 4.69) is 20.1 Å². The van der Waals surface area contributed by atoms with Crippen LogP contribution in [0, 0.1) is 5.92 Å². The van der Waals surface area contributed by atoms with Crippen LogP contribution in [0.25, 0.3) is 0 Å². The van der Waals surface area contributed by atoms with Crippen LogP contribution in [0.5, 0.6) is 0 Å². The number of pyridine rings is 1. The molecule has 0 aliphatic carbocycles. The van der Waals surface area contributed by atoms with Gasteiger partial charge in [0, 0.05) is 44.6 Å². The molecule has 2 aromatic rings. The first-order valence-corrected chi connectivity index (χ1v) is 10.4. The summed E-state index contributed by atoms with van der Waals surface area (Å²) in [6, 6.07) is 8.50. The summed E-state index contributed by atoms with van der Waals surface area (Å²) in [5, 5.41) is 3.10. The number of rotatable bonds is 6. The van der Waals surface area contributed by atoms with Crippen LogP contribution in [0.4, 0.5) is 0 Å². The van der Waals surface area contributed by atoms with Crippen molar-refractivity contribution in [1.29, 1.82) is 0 Å². The molecule has 6 nitrogen and oxygen atoms in total. The first kappa shape index (κ1) is 19.2. The first-order chi connectivity index (χ1) is 13.8. The summed E-state index contributed by atoms with van der Waals surface area (Å²) in [4.78, 5) is 21.8. The molecule has 0 bridgehead atoms. The van der Waals surface area contributed by atoms with Gasteiger partial charge in [-0.25, -0.2) is 0 Å². The van der Waals surface area contributed by atoms with Crippen molar-refractivity contribution in [3.63, 3.8) is 0 Å². The fourth-order valence-corrected chi connectivity index (χ4v) is 4.45. The molecule has 2 aliphatic heterocycles. The number of carbonyl (C=O) groups excluding carboxylic acids is 1. The van der Waals surface area contributed by atoms with Gasteiger partial charge in [0.15, 0.2) is 0 Å². The maximum atomic E-state index is 12.7. The van der Waals surface area contributed by atoms with Gasteiger partial charge in [-0.2, -0.15) is 0 Å². The van der Waals surface area contributed by atoms with Crippen LogP contribution in [-0.4, -0.2) is 52.9 Å². The molecule has 4 rings (SSSR count). The van der Waals surface area contributed by atoms with Gasteiger partial charge < -0.3 is 9.73 Å². The van der Waals surface area contributed by atoms with Gasteiger partial charge >= 0.3 is 0 Å². The minimum Gasteiger partial charge on any atom is -0.468 e. The number of carbonyl (C=O) groups is 1.